The van der Waals surface area contributed by atoms with Crippen LogP contribution in [0.15, 0.2) is 30.3 Å². The van der Waals surface area contributed by atoms with Gasteiger partial charge in [-0.3, -0.25) is 4.79 Å². The number of hydrogen-bond donors (Lipinski definition) is 1. The molecule has 1 aliphatic heterocycles. The standard InChI is InChI=1S/C17H14F3N3O2S/c18-17(19,20)11-2-3-13-10(6-11)7-14(26-13)16(24)21-9-12-8-15-23(22-12)4-1-5-25-15/h2-3,6-8H,1,4-5,9H2,(H,21,24). The van der Waals surface area contributed by atoms with E-state index < -0.39 is 11.7 Å². The van der Waals surface area contributed by atoms with Gasteiger partial charge in [-0.1, -0.05) is 0 Å². The molecule has 3 aromatic rings. The number of carbonyl (C=O) groups excluding carboxylic acids is 1. The second-order valence-electron chi connectivity index (χ2n) is 5.94. The highest BCUT2D eigenvalue weighted by Crippen LogP contribution is 2.34. The van der Waals surface area contributed by atoms with E-state index in [0.29, 0.717) is 33.1 Å². The van der Waals surface area contributed by atoms with Crippen molar-refractivity contribution in [3.05, 3.63) is 46.5 Å². The van der Waals surface area contributed by atoms with Crippen molar-refractivity contribution in [2.45, 2.75) is 25.7 Å². The summed E-state index contributed by atoms with van der Waals surface area (Å²) in [6, 6.07) is 6.73. The molecule has 26 heavy (non-hydrogen) atoms. The van der Waals surface area contributed by atoms with Gasteiger partial charge in [-0.15, -0.1) is 11.3 Å². The van der Waals surface area contributed by atoms with E-state index in [1.165, 1.54) is 12.1 Å². The first-order valence-electron chi connectivity index (χ1n) is 7.99. The maximum Gasteiger partial charge on any atom is 0.416 e. The Hall–Kier alpha value is -2.55. The molecule has 0 saturated heterocycles. The van der Waals surface area contributed by atoms with Crippen LogP contribution >= 0.6 is 11.3 Å². The lowest BCUT2D eigenvalue weighted by Crippen LogP contribution is -2.22. The molecule has 0 unspecified atom stereocenters. The van der Waals surface area contributed by atoms with E-state index in [1.54, 1.807) is 10.7 Å². The number of aromatic nitrogens is 2. The number of aryl methyl sites for hydroxylation is 1. The van der Waals surface area contributed by atoms with E-state index in [4.69, 9.17) is 4.74 Å². The van der Waals surface area contributed by atoms with Crippen molar-refractivity contribution < 1.29 is 22.7 Å². The first kappa shape index (κ1) is 16.9. The molecule has 2 aromatic heterocycles. The zero-order valence-corrected chi connectivity index (χ0v) is 14.3. The molecule has 1 aromatic carbocycles. The Morgan fingerprint density at radius 3 is 2.92 bits per heavy atom. The van der Waals surface area contributed by atoms with E-state index in [1.807, 2.05) is 0 Å². The van der Waals surface area contributed by atoms with Gasteiger partial charge in [0.15, 0.2) is 0 Å². The lowest BCUT2D eigenvalue weighted by molar-refractivity contribution is -0.137. The zero-order chi connectivity index (χ0) is 18.3. The van der Waals surface area contributed by atoms with Gasteiger partial charge in [0.2, 0.25) is 5.88 Å². The molecule has 136 valence electrons. The van der Waals surface area contributed by atoms with Crippen molar-refractivity contribution in [2.75, 3.05) is 6.61 Å². The predicted octanol–water partition coefficient (Wildman–Crippen LogP) is 3.83. The highest BCUT2D eigenvalue weighted by Gasteiger charge is 2.30. The number of hydrogen-bond acceptors (Lipinski definition) is 4. The van der Waals surface area contributed by atoms with E-state index >= 15 is 0 Å². The average molecular weight is 381 g/mol. The normalized spacial score (nSPS) is 14.1. The van der Waals surface area contributed by atoms with Crippen LogP contribution in [-0.2, 0) is 19.3 Å². The van der Waals surface area contributed by atoms with E-state index in [-0.39, 0.29) is 12.5 Å². The molecule has 4 rings (SSSR count). The number of rotatable bonds is 3. The van der Waals surface area contributed by atoms with Gasteiger partial charge in [-0.25, -0.2) is 4.68 Å². The first-order valence-corrected chi connectivity index (χ1v) is 8.80. The second-order valence-corrected chi connectivity index (χ2v) is 7.03. The third-order valence-corrected chi connectivity index (χ3v) is 5.17. The van der Waals surface area contributed by atoms with Crippen LogP contribution in [0.2, 0.25) is 0 Å². The van der Waals surface area contributed by atoms with Crippen LogP contribution in [0, 0.1) is 0 Å². The number of amides is 1. The van der Waals surface area contributed by atoms with Crippen molar-refractivity contribution in [3.63, 3.8) is 0 Å². The number of benzene rings is 1. The molecule has 0 spiro atoms. The highest BCUT2D eigenvalue weighted by atomic mass is 32.1. The number of alkyl halides is 3. The minimum atomic E-state index is -4.40. The molecule has 0 saturated carbocycles. The zero-order valence-electron chi connectivity index (χ0n) is 13.5. The van der Waals surface area contributed by atoms with E-state index in [9.17, 15) is 18.0 Å². The molecule has 9 heteroatoms. The van der Waals surface area contributed by atoms with Gasteiger partial charge in [0, 0.05) is 23.7 Å². The molecule has 0 atom stereocenters. The number of nitrogens with zero attached hydrogens (tertiary/aromatic N) is 2. The minimum absolute atomic E-state index is 0.226. The van der Waals surface area contributed by atoms with E-state index in [0.717, 1.165) is 36.4 Å². The van der Waals surface area contributed by atoms with Gasteiger partial charge in [-0.05, 0) is 29.7 Å². The minimum Gasteiger partial charge on any atom is -0.478 e. The summed E-state index contributed by atoms with van der Waals surface area (Å²) in [5, 5.41) is 7.50. The molecule has 0 radical (unpaired) electrons. The summed E-state index contributed by atoms with van der Waals surface area (Å²) in [6.45, 7) is 1.66. The molecule has 1 N–H and O–H groups in total. The fraction of sp³-hybridized carbons (Fsp3) is 0.294. The highest BCUT2D eigenvalue weighted by molar-refractivity contribution is 7.20. The smallest absolute Gasteiger partial charge is 0.416 e. The van der Waals surface area contributed by atoms with Crippen LogP contribution in [-0.4, -0.2) is 22.3 Å². The number of halogens is 3. The number of thiophene rings is 1. The topological polar surface area (TPSA) is 56.2 Å². The van der Waals surface area contributed by atoms with Crippen LogP contribution in [0.1, 0.15) is 27.3 Å². The van der Waals surface area contributed by atoms with Crippen LogP contribution in [0.25, 0.3) is 10.1 Å². The summed E-state index contributed by atoms with van der Waals surface area (Å²) in [7, 11) is 0. The lowest BCUT2D eigenvalue weighted by Gasteiger charge is -2.13. The van der Waals surface area contributed by atoms with Crippen molar-refractivity contribution in [1.82, 2.24) is 15.1 Å². The lowest BCUT2D eigenvalue weighted by atomic mass is 10.1. The Labute approximate surface area is 150 Å². The molecule has 5 nitrogen and oxygen atoms in total. The second kappa shape index (κ2) is 6.31. The molecular formula is C17H14F3N3O2S. The van der Waals surface area contributed by atoms with Crippen molar-refractivity contribution in [2.24, 2.45) is 0 Å². The number of carbonyl (C=O) groups is 1. The fourth-order valence-corrected chi connectivity index (χ4v) is 3.75. The van der Waals surface area contributed by atoms with Crippen LogP contribution in [0.4, 0.5) is 13.2 Å². The largest absolute Gasteiger partial charge is 0.478 e. The van der Waals surface area contributed by atoms with Crippen molar-refractivity contribution in [3.8, 4) is 5.88 Å². The molecule has 0 fully saturated rings. The van der Waals surface area contributed by atoms with Crippen LogP contribution < -0.4 is 10.1 Å². The molecule has 0 aliphatic carbocycles. The van der Waals surface area contributed by atoms with Gasteiger partial charge >= 0.3 is 6.18 Å². The average Bonchev–Trinajstić information content (AvgIpc) is 3.21. The molecule has 0 bridgehead atoms. The Morgan fingerprint density at radius 2 is 2.15 bits per heavy atom. The first-order chi connectivity index (χ1) is 12.4. The summed E-state index contributed by atoms with van der Waals surface area (Å²) in [5.41, 5.74) is -0.0472. The monoisotopic (exact) mass is 381 g/mol. The van der Waals surface area contributed by atoms with Gasteiger partial charge in [0.25, 0.3) is 5.91 Å². The van der Waals surface area contributed by atoms with Gasteiger partial charge in [0.05, 0.1) is 29.3 Å². The summed E-state index contributed by atoms with van der Waals surface area (Å²) >= 11 is 1.16. The Bertz CT molecular complexity index is 954. The summed E-state index contributed by atoms with van der Waals surface area (Å²) in [4.78, 5) is 12.7. The van der Waals surface area contributed by atoms with Gasteiger partial charge < -0.3 is 10.1 Å². The fourth-order valence-electron chi connectivity index (χ4n) is 2.79. The Morgan fingerprint density at radius 1 is 1.31 bits per heavy atom. The maximum absolute atomic E-state index is 12.8. The van der Waals surface area contributed by atoms with Gasteiger partial charge in [0.1, 0.15) is 0 Å². The predicted molar refractivity (Wildman–Crippen MR) is 90.3 cm³/mol. The third-order valence-electron chi connectivity index (χ3n) is 4.06. The quantitative estimate of drug-likeness (QED) is 0.750. The molecule has 3 heterocycles. The molecule has 1 amide bonds. The summed E-state index contributed by atoms with van der Waals surface area (Å²) < 4.78 is 46.2. The number of ether oxygens (including phenoxy) is 1. The molecule has 1 aliphatic rings. The summed E-state index contributed by atoms with van der Waals surface area (Å²) in [6.07, 6.45) is -3.51. The van der Waals surface area contributed by atoms with Crippen LogP contribution in [0.5, 0.6) is 5.88 Å². The van der Waals surface area contributed by atoms with Crippen molar-refractivity contribution >= 4 is 27.3 Å². The van der Waals surface area contributed by atoms with Crippen molar-refractivity contribution in [1.29, 1.82) is 0 Å². The Kier molecular flexibility index (Phi) is 4.10. The molecular weight excluding hydrogens is 367 g/mol. The Balaban J connectivity index is 1.48. The summed E-state index contributed by atoms with van der Waals surface area (Å²) in [5.74, 6) is 0.341. The number of fused-ring (bicyclic) bond motifs is 2. The number of nitrogens with one attached hydrogen (secondary N) is 1. The third kappa shape index (κ3) is 3.26. The van der Waals surface area contributed by atoms with Gasteiger partial charge in [-0.2, -0.15) is 18.3 Å². The maximum atomic E-state index is 12.8. The van der Waals surface area contributed by atoms with Crippen LogP contribution in [0.3, 0.4) is 0 Å². The SMILES string of the molecule is O=C(NCc1cc2n(n1)CCCO2)c1cc2cc(C(F)(F)F)ccc2s1. The van der Waals surface area contributed by atoms with E-state index in [2.05, 4.69) is 10.4 Å².